The van der Waals surface area contributed by atoms with Gasteiger partial charge in [0.1, 0.15) is 0 Å². The van der Waals surface area contributed by atoms with Crippen molar-refractivity contribution in [2.45, 2.75) is 26.3 Å². The fraction of sp³-hybridized carbons (Fsp3) is 0.625. The second kappa shape index (κ2) is 4.91. The molecule has 1 atom stereocenters. The molecule has 3 heteroatoms. The predicted octanol–water partition coefficient (Wildman–Crippen LogP) is 0.843. The van der Waals surface area contributed by atoms with Gasteiger partial charge in [-0.2, -0.15) is 0 Å². The average Bonchev–Trinajstić information content (AvgIpc) is 1.98. The van der Waals surface area contributed by atoms with E-state index in [1.807, 2.05) is 6.92 Å². The van der Waals surface area contributed by atoms with Crippen molar-refractivity contribution in [1.82, 2.24) is 0 Å². The summed E-state index contributed by atoms with van der Waals surface area (Å²) in [5.74, 6) is -0.332. The topological polar surface area (TPSA) is 52.3 Å². The van der Waals surface area contributed by atoms with E-state index in [0.717, 1.165) is 6.42 Å². The minimum Gasteiger partial charge on any atom is -0.466 e. The number of allylic oxidation sites excluding steroid dienone is 1. The molecule has 0 saturated heterocycles. The van der Waals surface area contributed by atoms with Crippen molar-refractivity contribution in [3.05, 3.63) is 11.6 Å². The average molecular weight is 157 g/mol. The van der Waals surface area contributed by atoms with Crippen molar-refractivity contribution < 1.29 is 9.53 Å². The Balaban J connectivity index is 4.34. The highest BCUT2D eigenvalue weighted by Crippen LogP contribution is 2.03. The maximum absolute atomic E-state index is 11.0. The number of esters is 1. The third-order valence-corrected chi connectivity index (χ3v) is 1.34. The number of carbonyl (C=O) groups is 1. The molecule has 1 unspecified atom stereocenters. The van der Waals surface area contributed by atoms with Gasteiger partial charge >= 0.3 is 5.97 Å². The number of nitrogens with two attached hydrogens (primary N) is 1. The molecule has 0 saturated carbocycles. The molecular formula is C8H15NO2. The van der Waals surface area contributed by atoms with Crippen molar-refractivity contribution in [2.24, 2.45) is 5.73 Å². The van der Waals surface area contributed by atoms with Crippen molar-refractivity contribution in [3.8, 4) is 0 Å². The molecule has 0 aliphatic carbocycles. The number of hydrogen-bond donors (Lipinski definition) is 1. The Morgan fingerprint density at radius 2 is 2.27 bits per heavy atom. The highest BCUT2D eigenvalue weighted by atomic mass is 16.5. The van der Waals surface area contributed by atoms with E-state index in [0.29, 0.717) is 5.57 Å². The lowest BCUT2D eigenvalue weighted by Crippen LogP contribution is -2.24. The van der Waals surface area contributed by atoms with Crippen LogP contribution >= 0.6 is 0 Å². The maximum atomic E-state index is 11.0. The Bertz CT molecular complexity index is 161. The van der Waals surface area contributed by atoms with Gasteiger partial charge in [0.2, 0.25) is 0 Å². The van der Waals surface area contributed by atoms with E-state index in [1.165, 1.54) is 7.11 Å². The summed E-state index contributed by atoms with van der Waals surface area (Å²) in [5.41, 5.74) is 6.08. The number of carbonyl (C=O) groups excluding carboxylic acids is 1. The Morgan fingerprint density at radius 1 is 1.73 bits per heavy atom. The first-order valence-electron chi connectivity index (χ1n) is 3.67. The summed E-state index contributed by atoms with van der Waals surface area (Å²) < 4.78 is 4.54. The van der Waals surface area contributed by atoms with E-state index in [9.17, 15) is 4.79 Å². The summed E-state index contributed by atoms with van der Waals surface area (Å²) in [7, 11) is 1.36. The first-order chi connectivity index (χ1) is 5.13. The SMILES string of the molecule is CCC=C(C(=O)OC)C(C)N. The van der Waals surface area contributed by atoms with Crippen LogP contribution in [0.15, 0.2) is 11.6 Å². The summed E-state index contributed by atoms with van der Waals surface area (Å²) >= 11 is 0. The molecule has 0 rings (SSSR count). The number of hydrogen-bond acceptors (Lipinski definition) is 3. The fourth-order valence-corrected chi connectivity index (χ4v) is 0.793. The first-order valence-corrected chi connectivity index (χ1v) is 3.67. The molecule has 0 heterocycles. The number of rotatable bonds is 3. The lowest BCUT2D eigenvalue weighted by Gasteiger charge is -2.07. The molecule has 0 spiro atoms. The van der Waals surface area contributed by atoms with Gasteiger partial charge in [0, 0.05) is 11.6 Å². The second-order valence-electron chi connectivity index (χ2n) is 2.35. The van der Waals surface area contributed by atoms with Gasteiger partial charge in [-0.25, -0.2) is 4.79 Å². The molecule has 0 bridgehead atoms. The van der Waals surface area contributed by atoms with Gasteiger partial charge in [-0.1, -0.05) is 13.0 Å². The number of methoxy groups -OCH3 is 1. The smallest absolute Gasteiger partial charge is 0.334 e. The molecule has 0 radical (unpaired) electrons. The molecule has 0 aromatic heterocycles. The van der Waals surface area contributed by atoms with Gasteiger partial charge in [0.25, 0.3) is 0 Å². The lowest BCUT2D eigenvalue weighted by atomic mass is 10.1. The molecule has 64 valence electrons. The van der Waals surface area contributed by atoms with Crippen molar-refractivity contribution in [1.29, 1.82) is 0 Å². The molecule has 0 aliphatic rings. The monoisotopic (exact) mass is 157 g/mol. The van der Waals surface area contributed by atoms with Gasteiger partial charge in [0.05, 0.1) is 7.11 Å². The van der Waals surface area contributed by atoms with Crippen LogP contribution in [0.4, 0.5) is 0 Å². The van der Waals surface area contributed by atoms with Crippen LogP contribution in [0.25, 0.3) is 0 Å². The van der Waals surface area contributed by atoms with Crippen LogP contribution in [0.3, 0.4) is 0 Å². The molecule has 0 aromatic carbocycles. The zero-order chi connectivity index (χ0) is 8.85. The molecule has 3 nitrogen and oxygen atoms in total. The van der Waals surface area contributed by atoms with Gasteiger partial charge in [-0.3, -0.25) is 0 Å². The van der Waals surface area contributed by atoms with Crippen LogP contribution in [0.5, 0.6) is 0 Å². The molecule has 2 N–H and O–H groups in total. The second-order valence-corrected chi connectivity index (χ2v) is 2.35. The van der Waals surface area contributed by atoms with Gasteiger partial charge < -0.3 is 10.5 Å². The van der Waals surface area contributed by atoms with Crippen molar-refractivity contribution >= 4 is 5.97 Å². The van der Waals surface area contributed by atoms with Crippen LogP contribution in [-0.2, 0) is 9.53 Å². The van der Waals surface area contributed by atoms with Crippen LogP contribution in [-0.4, -0.2) is 19.1 Å². The standard InChI is InChI=1S/C8H15NO2/c1-4-5-7(6(2)9)8(10)11-3/h5-6H,4,9H2,1-3H3. The minimum atomic E-state index is -0.332. The van der Waals surface area contributed by atoms with E-state index < -0.39 is 0 Å². The van der Waals surface area contributed by atoms with E-state index in [1.54, 1.807) is 13.0 Å². The van der Waals surface area contributed by atoms with Crippen LogP contribution in [0.1, 0.15) is 20.3 Å². The third-order valence-electron chi connectivity index (χ3n) is 1.34. The zero-order valence-electron chi connectivity index (χ0n) is 7.26. The summed E-state index contributed by atoms with van der Waals surface area (Å²) in [6.07, 6.45) is 2.59. The van der Waals surface area contributed by atoms with Crippen LogP contribution < -0.4 is 5.73 Å². The Labute approximate surface area is 67.2 Å². The fourth-order valence-electron chi connectivity index (χ4n) is 0.793. The van der Waals surface area contributed by atoms with E-state index in [4.69, 9.17) is 5.73 Å². The van der Waals surface area contributed by atoms with Crippen molar-refractivity contribution in [2.75, 3.05) is 7.11 Å². The summed E-state index contributed by atoms with van der Waals surface area (Å²) in [4.78, 5) is 11.0. The van der Waals surface area contributed by atoms with Crippen LogP contribution in [0.2, 0.25) is 0 Å². The quantitative estimate of drug-likeness (QED) is 0.488. The molecule has 0 fully saturated rings. The molecule has 11 heavy (non-hydrogen) atoms. The Kier molecular flexibility index (Phi) is 4.54. The molecular weight excluding hydrogens is 142 g/mol. The Morgan fingerprint density at radius 3 is 2.55 bits per heavy atom. The predicted molar refractivity (Wildman–Crippen MR) is 44.0 cm³/mol. The van der Waals surface area contributed by atoms with E-state index >= 15 is 0 Å². The highest BCUT2D eigenvalue weighted by Gasteiger charge is 2.12. The lowest BCUT2D eigenvalue weighted by molar-refractivity contribution is -0.136. The Hall–Kier alpha value is -0.830. The summed E-state index contributed by atoms with van der Waals surface area (Å²) in [6.45, 7) is 3.71. The summed E-state index contributed by atoms with van der Waals surface area (Å²) in [6, 6.07) is -0.248. The zero-order valence-corrected chi connectivity index (χ0v) is 7.26. The molecule has 0 amide bonds. The molecule has 0 aliphatic heterocycles. The first kappa shape index (κ1) is 10.2. The summed E-state index contributed by atoms with van der Waals surface area (Å²) in [5, 5.41) is 0. The highest BCUT2D eigenvalue weighted by molar-refractivity contribution is 5.89. The number of ether oxygens (including phenoxy) is 1. The van der Waals surface area contributed by atoms with E-state index in [-0.39, 0.29) is 12.0 Å². The maximum Gasteiger partial charge on any atom is 0.334 e. The van der Waals surface area contributed by atoms with Gasteiger partial charge in [-0.05, 0) is 13.3 Å². The van der Waals surface area contributed by atoms with Crippen LogP contribution in [0, 0.1) is 0 Å². The van der Waals surface area contributed by atoms with Gasteiger partial charge in [-0.15, -0.1) is 0 Å². The van der Waals surface area contributed by atoms with E-state index in [2.05, 4.69) is 4.74 Å². The largest absolute Gasteiger partial charge is 0.466 e. The minimum absolute atomic E-state index is 0.248. The van der Waals surface area contributed by atoms with Gasteiger partial charge in [0.15, 0.2) is 0 Å². The normalized spacial score (nSPS) is 14.4. The van der Waals surface area contributed by atoms with Crippen molar-refractivity contribution in [3.63, 3.8) is 0 Å². The third kappa shape index (κ3) is 3.18. The molecule has 0 aromatic rings.